The van der Waals surface area contributed by atoms with E-state index < -0.39 is 5.97 Å². The van der Waals surface area contributed by atoms with Gasteiger partial charge in [-0.3, -0.25) is 4.79 Å². The first-order chi connectivity index (χ1) is 9.65. The zero-order valence-corrected chi connectivity index (χ0v) is 11.3. The second-order valence-electron chi connectivity index (χ2n) is 5.11. The lowest BCUT2D eigenvalue weighted by atomic mass is 10.1. The van der Waals surface area contributed by atoms with Gasteiger partial charge in [-0.15, -0.1) is 0 Å². The van der Waals surface area contributed by atoms with E-state index in [0.717, 1.165) is 42.9 Å². The molecule has 0 radical (unpaired) electrons. The lowest BCUT2D eigenvalue weighted by Gasteiger charge is -2.10. The van der Waals surface area contributed by atoms with Crippen molar-refractivity contribution in [3.05, 3.63) is 41.5 Å². The Morgan fingerprint density at radius 1 is 1.20 bits per heavy atom. The molecule has 0 atom stereocenters. The van der Waals surface area contributed by atoms with Gasteiger partial charge in [0.1, 0.15) is 0 Å². The largest absolute Gasteiger partial charge is 0.478 e. The number of hydrogen-bond donors (Lipinski definition) is 2. The summed E-state index contributed by atoms with van der Waals surface area (Å²) in [6.45, 7) is 0.526. The van der Waals surface area contributed by atoms with Crippen molar-refractivity contribution in [3.63, 3.8) is 0 Å². The van der Waals surface area contributed by atoms with E-state index in [1.165, 1.54) is 0 Å². The molecule has 0 aliphatic heterocycles. The quantitative estimate of drug-likeness (QED) is 0.810. The summed E-state index contributed by atoms with van der Waals surface area (Å²) in [6, 6.07) is 7.49. The molecule has 1 aliphatic carbocycles. The maximum Gasteiger partial charge on any atom is 0.328 e. The maximum atomic E-state index is 11.9. The van der Waals surface area contributed by atoms with E-state index in [0.29, 0.717) is 6.54 Å². The molecule has 0 saturated heterocycles. The second-order valence-corrected chi connectivity index (χ2v) is 5.11. The monoisotopic (exact) mass is 273 g/mol. The molecule has 4 heteroatoms. The highest BCUT2D eigenvalue weighted by Gasteiger charge is 2.21. The zero-order valence-electron chi connectivity index (χ0n) is 11.3. The Balaban J connectivity index is 1.84. The van der Waals surface area contributed by atoms with Crippen LogP contribution >= 0.6 is 0 Å². The van der Waals surface area contributed by atoms with E-state index in [1.807, 2.05) is 24.3 Å². The molecule has 0 unspecified atom stereocenters. The van der Waals surface area contributed by atoms with E-state index in [2.05, 4.69) is 5.32 Å². The van der Waals surface area contributed by atoms with Crippen LogP contribution < -0.4 is 5.32 Å². The van der Waals surface area contributed by atoms with Crippen molar-refractivity contribution in [2.75, 3.05) is 0 Å². The molecule has 20 heavy (non-hydrogen) atoms. The predicted octanol–water partition coefficient (Wildman–Crippen LogP) is 2.59. The smallest absolute Gasteiger partial charge is 0.328 e. The summed E-state index contributed by atoms with van der Waals surface area (Å²) in [4.78, 5) is 22.3. The van der Waals surface area contributed by atoms with Crippen molar-refractivity contribution < 1.29 is 14.7 Å². The van der Waals surface area contributed by atoms with Gasteiger partial charge in [0.05, 0.1) is 0 Å². The summed E-state index contributed by atoms with van der Waals surface area (Å²) in [6.07, 6.45) is 6.97. The fourth-order valence-electron chi connectivity index (χ4n) is 2.44. The van der Waals surface area contributed by atoms with Crippen LogP contribution in [0.25, 0.3) is 6.08 Å². The standard InChI is InChI=1S/C16H19NO3/c18-15(19)10-9-12-5-7-13(8-6-12)11-17-16(20)14-3-1-2-4-14/h5-10,14H,1-4,11H2,(H,17,20)(H,18,19). The number of hydrogen-bond acceptors (Lipinski definition) is 2. The molecule has 1 fully saturated rings. The van der Waals surface area contributed by atoms with Crippen molar-refractivity contribution in [2.24, 2.45) is 5.92 Å². The van der Waals surface area contributed by atoms with Gasteiger partial charge in [0.15, 0.2) is 0 Å². The van der Waals surface area contributed by atoms with Crippen LogP contribution in [-0.2, 0) is 16.1 Å². The van der Waals surface area contributed by atoms with Crippen molar-refractivity contribution in [1.29, 1.82) is 0 Å². The fourth-order valence-corrected chi connectivity index (χ4v) is 2.44. The molecule has 0 spiro atoms. The van der Waals surface area contributed by atoms with Gasteiger partial charge in [-0.25, -0.2) is 4.79 Å². The Kier molecular flexibility index (Phi) is 4.93. The van der Waals surface area contributed by atoms with Crippen LogP contribution in [0.4, 0.5) is 0 Å². The van der Waals surface area contributed by atoms with E-state index in [1.54, 1.807) is 6.08 Å². The molecule has 1 saturated carbocycles. The number of benzene rings is 1. The third-order valence-electron chi connectivity index (χ3n) is 3.59. The molecular formula is C16H19NO3. The Hall–Kier alpha value is -2.10. The summed E-state index contributed by atoms with van der Waals surface area (Å²) in [5, 5.41) is 11.5. The topological polar surface area (TPSA) is 66.4 Å². The van der Waals surface area contributed by atoms with Gasteiger partial charge in [0.25, 0.3) is 0 Å². The van der Waals surface area contributed by atoms with Gasteiger partial charge in [0, 0.05) is 18.5 Å². The highest BCUT2D eigenvalue weighted by atomic mass is 16.4. The first-order valence-corrected chi connectivity index (χ1v) is 6.93. The van der Waals surface area contributed by atoms with Crippen molar-refractivity contribution in [1.82, 2.24) is 5.32 Å². The van der Waals surface area contributed by atoms with Gasteiger partial charge in [0.2, 0.25) is 5.91 Å². The number of carboxylic acids is 1. The average Bonchev–Trinajstić information content (AvgIpc) is 2.98. The molecule has 4 nitrogen and oxygen atoms in total. The zero-order chi connectivity index (χ0) is 14.4. The molecule has 1 amide bonds. The van der Waals surface area contributed by atoms with Gasteiger partial charge >= 0.3 is 5.97 Å². The Morgan fingerprint density at radius 2 is 1.85 bits per heavy atom. The minimum absolute atomic E-state index is 0.150. The van der Waals surface area contributed by atoms with E-state index >= 15 is 0 Å². The summed E-state index contributed by atoms with van der Waals surface area (Å²) in [5.74, 6) is -0.622. The second kappa shape index (κ2) is 6.89. The normalized spacial score (nSPS) is 15.6. The molecule has 2 rings (SSSR count). The highest BCUT2D eigenvalue weighted by Crippen LogP contribution is 2.24. The van der Waals surface area contributed by atoms with Crippen LogP contribution in [0.1, 0.15) is 36.8 Å². The lowest BCUT2D eigenvalue weighted by molar-refractivity contribution is -0.131. The van der Waals surface area contributed by atoms with Gasteiger partial charge in [-0.05, 0) is 30.0 Å². The van der Waals surface area contributed by atoms with Gasteiger partial charge in [-0.1, -0.05) is 37.1 Å². The molecule has 0 heterocycles. The van der Waals surface area contributed by atoms with Crippen LogP contribution in [0.3, 0.4) is 0 Å². The molecule has 2 N–H and O–H groups in total. The third kappa shape index (κ3) is 4.23. The number of carboxylic acid groups (broad SMARTS) is 1. The lowest BCUT2D eigenvalue weighted by Crippen LogP contribution is -2.28. The Bertz CT molecular complexity index is 499. The predicted molar refractivity (Wildman–Crippen MR) is 76.9 cm³/mol. The SMILES string of the molecule is O=C(O)C=Cc1ccc(CNC(=O)C2CCCC2)cc1. The first-order valence-electron chi connectivity index (χ1n) is 6.93. The summed E-state index contributed by atoms with van der Waals surface area (Å²) < 4.78 is 0. The Labute approximate surface area is 118 Å². The minimum Gasteiger partial charge on any atom is -0.478 e. The Morgan fingerprint density at radius 3 is 2.45 bits per heavy atom. The number of amides is 1. The molecule has 1 aliphatic rings. The summed E-state index contributed by atoms with van der Waals surface area (Å²) in [7, 11) is 0. The maximum absolute atomic E-state index is 11.9. The molecule has 106 valence electrons. The number of carbonyl (C=O) groups is 2. The van der Waals surface area contributed by atoms with Gasteiger partial charge < -0.3 is 10.4 Å². The van der Waals surface area contributed by atoms with Crippen molar-refractivity contribution >= 4 is 18.0 Å². The molecule has 0 bridgehead atoms. The van der Waals surface area contributed by atoms with E-state index in [4.69, 9.17) is 5.11 Å². The van der Waals surface area contributed by atoms with Crippen LogP contribution in [-0.4, -0.2) is 17.0 Å². The number of aliphatic carboxylic acids is 1. The summed E-state index contributed by atoms with van der Waals surface area (Å²) in [5.41, 5.74) is 1.85. The average molecular weight is 273 g/mol. The number of rotatable bonds is 5. The van der Waals surface area contributed by atoms with Gasteiger partial charge in [-0.2, -0.15) is 0 Å². The fraction of sp³-hybridized carbons (Fsp3) is 0.375. The van der Waals surface area contributed by atoms with Crippen LogP contribution in [0.5, 0.6) is 0 Å². The van der Waals surface area contributed by atoms with Crippen LogP contribution in [0, 0.1) is 5.92 Å². The first kappa shape index (κ1) is 14.3. The summed E-state index contributed by atoms with van der Waals surface area (Å²) >= 11 is 0. The van der Waals surface area contributed by atoms with Crippen LogP contribution in [0.15, 0.2) is 30.3 Å². The molecular weight excluding hydrogens is 254 g/mol. The molecule has 1 aromatic carbocycles. The molecule has 0 aromatic heterocycles. The third-order valence-corrected chi connectivity index (χ3v) is 3.59. The number of nitrogens with one attached hydrogen (secondary N) is 1. The van der Waals surface area contributed by atoms with Crippen LogP contribution in [0.2, 0.25) is 0 Å². The minimum atomic E-state index is -0.960. The van der Waals surface area contributed by atoms with E-state index in [-0.39, 0.29) is 11.8 Å². The van der Waals surface area contributed by atoms with Crippen molar-refractivity contribution in [3.8, 4) is 0 Å². The van der Waals surface area contributed by atoms with Crippen molar-refractivity contribution in [2.45, 2.75) is 32.2 Å². The van der Waals surface area contributed by atoms with E-state index in [9.17, 15) is 9.59 Å². The number of carbonyl (C=O) groups excluding carboxylic acids is 1. The molecule has 1 aromatic rings. The highest BCUT2D eigenvalue weighted by molar-refractivity contribution is 5.85.